The van der Waals surface area contributed by atoms with Crippen molar-refractivity contribution in [3.05, 3.63) is 29.3 Å². The van der Waals surface area contributed by atoms with Crippen LogP contribution in [0.25, 0.3) is 0 Å². The van der Waals surface area contributed by atoms with Crippen LogP contribution in [0.4, 0.5) is 0 Å². The molecule has 1 aromatic rings. The van der Waals surface area contributed by atoms with E-state index in [0.717, 1.165) is 37.0 Å². The first-order valence-electron chi connectivity index (χ1n) is 5.16. The Morgan fingerprint density at radius 1 is 1.20 bits per heavy atom. The van der Waals surface area contributed by atoms with Crippen molar-refractivity contribution in [2.24, 2.45) is 0 Å². The standard InChI is InChI=1S/C11H15ClN2O/c12-10-1-3-11(4-2-10)15-9-14-7-5-13-6-8-14/h1-4,13H,5-9H2. The Kier molecular flexibility index (Phi) is 3.83. The predicted octanol–water partition coefficient (Wildman–Crippen LogP) is 1.58. The molecule has 0 bridgehead atoms. The highest BCUT2D eigenvalue weighted by molar-refractivity contribution is 6.30. The average molecular weight is 227 g/mol. The number of hydrogen-bond acceptors (Lipinski definition) is 3. The molecule has 1 heterocycles. The molecule has 1 saturated heterocycles. The summed E-state index contributed by atoms with van der Waals surface area (Å²) < 4.78 is 5.64. The third-order valence-corrected chi connectivity index (χ3v) is 2.69. The Balaban J connectivity index is 1.79. The van der Waals surface area contributed by atoms with Crippen molar-refractivity contribution in [3.8, 4) is 5.75 Å². The molecule has 1 N–H and O–H groups in total. The van der Waals surface area contributed by atoms with Gasteiger partial charge in [0.05, 0.1) is 0 Å². The van der Waals surface area contributed by atoms with Gasteiger partial charge in [-0.3, -0.25) is 4.90 Å². The van der Waals surface area contributed by atoms with Gasteiger partial charge in [-0.2, -0.15) is 0 Å². The van der Waals surface area contributed by atoms with Gasteiger partial charge in [0.15, 0.2) is 0 Å². The van der Waals surface area contributed by atoms with Crippen molar-refractivity contribution < 1.29 is 4.74 Å². The zero-order valence-electron chi connectivity index (χ0n) is 8.58. The molecule has 0 atom stereocenters. The second kappa shape index (κ2) is 5.35. The molecular weight excluding hydrogens is 212 g/mol. The minimum Gasteiger partial charge on any atom is -0.478 e. The Morgan fingerprint density at radius 2 is 1.87 bits per heavy atom. The van der Waals surface area contributed by atoms with Crippen molar-refractivity contribution in [1.29, 1.82) is 0 Å². The summed E-state index contributed by atoms with van der Waals surface area (Å²) in [5, 5.41) is 4.05. The van der Waals surface area contributed by atoms with Crippen LogP contribution >= 0.6 is 11.6 Å². The van der Waals surface area contributed by atoms with Gasteiger partial charge in [0, 0.05) is 31.2 Å². The van der Waals surface area contributed by atoms with E-state index in [1.807, 2.05) is 24.3 Å². The monoisotopic (exact) mass is 226 g/mol. The van der Waals surface area contributed by atoms with Crippen LogP contribution in [0.1, 0.15) is 0 Å². The van der Waals surface area contributed by atoms with Gasteiger partial charge >= 0.3 is 0 Å². The number of hydrogen-bond donors (Lipinski definition) is 1. The molecule has 0 unspecified atom stereocenters. The Hall–Kier alpha value is -0.770. The number of nitrogens with zero attached hydrogens (tertiary/aromatic N) is 1. The summed E-state index contributed by atoms with van der Waals surface area (Å²) in [6.07, 6.45) is 0. The molecule has 0 amide bonds. The Bertz CT molecular complexity index is 296. The van der Waals surface area contributed by atoms with Crippen LogP contribution in [0.2, 0.25) is 5.02 Å². The van der Waals surface area contributed by atoms with Gasteiger partial charge < -0.3 is 10.1 Å². The molecule has 2 rings (SSSR count). The summed E-state index contributed by atoms with van der Waals surface area (Å²) in [7, 11) is 0. The Morgan fingerprint density at radius 3 is 2.53 bits per heavy atom. The normalized spacial score (nSPS) is 17.7. The highest BCUT2D eigenvalue weighted by atomic mass is 35.5. The molecule has 3 nitrogen and oxygen atoms in total. The predicted molar refractivity (Wildman–Crippen MR) is 61.4 cm³/mol. The van der Waals surface area contributed by atoms with E-state index in [1.54, 1.807) is 0 Å². The lowest BCUT2D eigenvalue weighted by atomic mass is 10.3. The summed E-state index contributed by atoms with van der Waals surface area (Å²) in [6, 6.07) is 7.47. The first kappa shape index (κ1) is 10.7. The highest BCUT2D eigenvalue weighted by Crippen LogP contribution is 2.15. The third-order valence-electron chi connectivity index (χ3n) is 2.44. The van der Waals surface area contributed by atoms with Crippen LogP contribution in [0, 0.1) is 0 Å². The second-order valence-corrected chi connectivity index (χ2v) is 4.03. The third kappa shape index (κ3) is 3.38. The van der Waals surface area contributed by atoms with E-state index < -0.39 is 0 Å². The van der Waals surface area contributed by atoms with Crippen molar-refractivity contribution in [1.82, 2.24) is 10.2 Å². The van der Waals surface area contributed by atoms with Crippen LogP contribution in [0.15, 0.2) is 24.3 Å². The minimum atomic E-state index is 0.656. The molecule has 1 aromatic carbocycles. The molecule has 0 spiro atoms. The zero-order valence-corrected chi connectivity index (χ0v) is 9.33. The summed E-state index contributed by atoms with van der Waals surface area (Å²) in [6.45, 7) is 4.85. The van der Waals surface area contributed by atoms with Gasteiger partial charge in [-0.1, -0.05) is 11.6 Å². The van der Waals surface area contributed by atoms with Gasteiger partial charge in [-0.15, -0.1) is 0 Å². The van der Waals surface area contributed by atoms with E-state index in [4.69, 9.17) is 16.3 Å². The second-order valence-electron chi connectivity index (χ2n) is 3.60. The average Bonchev–Trinajstić information content (AvgIpc) is 2.30. The summed E-state index contributed by atoms with van der Waals surface area (Å²) in [4.78, 5) is 2.28. The van der Waals surface area contributed by atoms with Crippen molar-refractivity contribution in [2.75, 3.05) is 32.9 Å². The van der Waals surface area contributed by atoms with Crippen LogP contribution in [-0.2, 0) is 0 Å². The minimum absolute atomic E-state index is 0.656. The van der Waals surface area contributed by atoms with Crippen molar-refractivity contribution in [2.45, 2.75) is 0 Å². The molecule has 15 heavy (non-hydrogen) atoms. The summed E-state index contributed by atoms with van der Waals surface area (Å²) >= 11 is 5.79. The lowest BCUT2D eigenvalue weighted by Crippen LogP contribution is -2.44. The van der Waals surface area contributed by atoms with E-state index >= 15 is 0 Å². The maximum absolute atomic E-state index is 5.79. The maximum atomic E-state index is 5.79. The zero-order chi connectivity index (χ0) is 10.5. The smallest absolute Gasteiger partial charge is 0.142 e. The molecule has 1 aliphatic heterocycles. The summed E-state index contributed by atoms with van der Waals surface area (Å²) in [5.74, 6) is 0.873. The molecule has 1 fully saturated rings. The first-order chi connectivity index (χ1) is 7.34. The molecule has 0 aliphatic carbocycles. The number of piperazine rings is 1. The van der Waals surface area contributed by atoms with Crippen LogP contribution < -0.4 is 10.1 Å². The fourth-order valence-corrected chi connectivity index (χ4v) is 1.66. The fourth-order valence-electron chi connectivity index (χ4n) is 1.54. The van der Waals surface area contributed by atoms with Gasteiger partial charge in [0.25, 0.3) is 0 Å². The SMILES string of the molecule is Clc1ccc(OCN2CCNCC2)cc1. The largest absolute Gasteiger partial charge is 0.478 e. The number of rotatable bonds is 3. The topological polar surface area (TPSA) is 24.5 Å². The van der Waals surface area contributed by atoms with Gasteiger partial charge in [-0.25, -0.2) is 0 Å². The van der Waals surface area contributed by atoms with E-state index in [9.17, 15) is 0 Å². The number of ether oxygens (including phenoxy) is 1. The summed E-state index contributed by atoms with van der Waals surface area (Å²) in [5.41, 5.74) is 0. The Labute approximate surface area is 95.0 Å². The fraction of sp³-hybridized carbons (Fsp3) is 0.455. The van der Waals surface area contributed by atoms with Gasteiger partial charge in [0.1, 0.15) is 12.5 Å². The van der Waals surface area contributed by atoms with Crippen LogP contribution in [-0.4, -0.2) is 37.8 Å². The van der Waals surface area contributed by atoms with Crippen LogP contribution in [0.3, 0.4) is 0 Å². The lowest BCUT2D eigenvalue weighted by molar-refractivity contribution is 0.113. The number of halogens is 1. The van der Waals surface area contributed by atoms with Crippen molar-refractivity contribution in [3.63, 3.8) is 0 Å². The van der Waals surface area contributed by atoms with Crippen molar-refractivity contribution >= 4 is 11.6 Å². The quantitative estimate of drug-likeness (QED) is 0.847. The number of benzene rings is 1. The van der Waals surface area contributed by atoms with Gasteiger partial charge in [-0.05, 0) is 24.3 Å². The molecule has 82 valence electrons. The number of nitrogens with one attached hydrogen (secondary N) is 1. The maximum Gasteiger partial charge on any atom is 0.142 e. The molecule has 4 heteroatoms. The van der Waals surface area contributed by atoms with E-state index in [0.29, 0.717) is 6.73 Å². The van der Waals surface area contributed by atoms with E-state index in [-0.39, 0.29) is 0 Å². The molecule has 0 aromatic heterocycles. The molecular formula is C11H15ClN2O. The lowest BCUT2D eigenvalue weighted by Gasteiger charge is -2.26. The first-order valence-corrected chi connectivity index (χ1v) is 5.54. The van der Waals surface area contributed by atoms with E-state index in [2.05, 4.69) is 10.2 Å². The molecule has 0 radical (unpaired) electrons. The van der Waals surface area contributed by atoms with Gasteiger partial charge in [0.2, 0.25) is 0 Å². The molecule has 1 aliphatic rings. The van der Waals surface area contributed by atoms with E-state index in [1.165, 1.54) is 0 Å². The van der Waals surface area contributed by atoms with Crippen LogP contribution in [0.5, 0.6) is 5.75 Å². The molecule has 0 saturated carbocycles. The highest BCUT2D eigenvalue weighted by Gasteiger charge is 2.09.